The number of rotatable bonds is 7. The molecule has 11 heteroatoms. The standard InChI is InChI=1S/C23H19Cl4N5O2/c1-13-8-15(9-14(2)21(13)27)34-12-31-7-6-20(29-31)23(33)28-22-19(26)11-32(30-22)10-16-17(24)4-3-5-18(16)25/h3-9,11H,10,12H2,1-2H3,(H,28,30,33). The van der Waals surface area contributed by atoms with Crippen LogP contribution in [0.15, 0.2) is 48.8 Å². The van der Waals surface area contributed by atoms with Crippen molar-refractivity contribution in [3.05, 3.63) is 91.3 Å². The average Bonchev–Trinajstić information content (AvgIpc) is 3.40. The SMILES string of the molecule is Cc1cc(OCn2ccc(C(=O)Nc3nn(Cc4c(Cl)cccc4Cl)cc3Cl)n2)cc(C)c1Cl. The molecule has 34 heavy (non-hydrogen) atoms. The van der Waals surface area contributed by atoms with Crippen molar-refractivity contribution in [2.24, 2.45) is 0 Å². The maximum Gasteiger partial charge on any atom is 0.277 e. The van der Waals surface area contributed by atoms with Crippen molar-refractivity contribution in [1.29, 1.82) is 0 Å². The largest absolute Gasteiger partial charge is 0.471 e. The second kappa shape index (κ2) is 10.3. The third kappa shape index (κ3) is 5.50. The van der Waals surface area contributed by atoms with Crippen LogP contribution in [0, 0.1) is 13.8 Å². The summed E-state index contributed by atoms with van der Waals surface area (Å²) in [6, 6.07) is 10.5. The van der Waals surface area contributed by atoms with Crippen LogP contribution in [-0.2, 0) is 13.3 Å². The Bertz CT molecular complexity index is 1320. The molecular weight excluding hydrogens is 520 g/mol. The van der Waals surface area contributed by atoms with Crippen molar-refractivity contribution in [2.45, 2.75) is 27.1 Å². The Hall–Kier alpha value is -2.71. The van der Waals surface area contributed by atoms with Crippen LogP contribution in [0.25, 0.3) is 0 Å². The van der Waals surface area contributed by atoms with Gasteiger partial charge in [0.15, 0.2) is 18.2 Å². The number of aromatic nitrogens is 4. The smallest absolute Gasteiger partial charge is 0.277 e. The molecule has 176 valence electrons. The number of aryl methyl sites for hydroxylation is 2. The molecule has 2 aromatic carbocycles. The lowest BCUT2D eigenvalue weighted by molar-refractivity contribution is 0.101. The summed E-state index contributed by atoms with van der Waals surface area (Å²) in [6.45, 7) is 4.24. The second-order valence-corrected chi connectivity index (χ2v) is 9.16. The van der Waals surface area contributed by atoms with E-state index in [2.05, 4.69) is 15.5 Å². The lowest BCUT2D eigenvalue weighted by atomic mass is 10.1. The zero-order valence-electron chi connectivity index (χ0n) is 18.2. The van der Waals surface area contributed by atoms with Gasteiger partial charge in [0.05, 0.1) is 6.54 Å². The zero-order valence-corrected chi connectivity index (χ0v) is 21.2. The van der Waals surface area contributed by atoms with Crippen molar-refractivity contribution in [2.75, 3.05) is 5.32 Å². The molecule has 1 amide bonds. The number of nitrogens with zero attached hydrogens (tertiary/aromatic N) is 4. The minimum atomic E-state index is -0.458. The summed E-state index contributed by atoms with van der Waals surface area (Å²) in [5.74, 6) is 0.407. The molecule has 2 aromatic heterocycles. The zero-order chi connectivity index (χ0) is 24.4. The molecule has 2 heterocycles. The quantitative estimate of drug-likeness (QED) is 0.286. The van der Waals surface area contributed by atoms with Gasteiger partial charge in [-0.05, 0) is 55.3 Å². The fourth-order valence-electron chi connectivity index (χ4n) is 3.26. The molecular formula is C23H19Cl4N5O2. The summed E-state index contributed by atoms with van der Waals surface area (Å²) in [5, 5.41) is 13.3. The van der Waals surface area contributed by atoms with Crippen LogP contribution in [0.1, 0.15) is 27.2 Å². The van der Waals surface area contributed by atoms with Crippen LogP contribution < -0.4 is 10.1 Å². The molecule has 0 saturated carbocycles. The Morgan fingerprint density at radius 2 is 1.65 bits per heavy atom. The number of nitrogens with one attached hydrogen (secondary N) is 1. The minimum Gasteiger partial charge on any atom is -0.471 e. The Labute approximate surface area is 216 Å². The van der Waals surface area contributed by atoms with Gasteiger partial charge in [-0.2, -0.15) is 10.2 Å². The number of ether oxygens (including phenoxy) is 1. The highest BCUT2D eigenvalue weighted by atomic mass is 35.5. The van der Waals surface area contributed by atoms with Crippen molar-refractivity contribution in [3.8, 4) is 5.75 Å². The Kier molecular flexibility index (Phi) is 7.38. The Morgan fingerprint density at radius 3 is 2.32 bits per heavy atom. The van der Waals surface area contributed by atoms with Gasteiger partial charge in [-0.25, -0.2) is 4.68 Å². The maximum absolute atomic E-state index is 12.7. The van der Waals surface area contributed by atoms with Gasteiger partial charge in [-0.1, -0.05) is 52.5 Å². The fourth-order valence-corrected chi connectivity index (χ4v) is 4.09. The molecule has 0 radical (unpaired) electrons. The van der Waals surface area contributed by atoms with E-state index in [4.69, 9.17) is 51.1 Å². The van der Waals surface area contributed by atoms with Gasteiger partial charge >= 0.3 is 0 Å². The first kappa shape index (κ1) is 24.4. The second-order valence-electron chi connectivity index (χ2n) is 7.56. The van der Waals surface area contributed by atoms with Gasteiger partial charge < -0.3 is 10.1 Å². The van der Waals surface area contributed by atoms with E-state index in [1.807, 2.05) is 26.0 Å². The molecule has 0 spiro atoms. The highest BCUT2D eigenvalue weighted by Gasteiger charge is 2.16. The predicted molar refractivity (Wildman–Crippen MR) is 135 cm³/mol. The van der Waals surface area contributed by atoms with E-state index in [1.54, 1.807) is 41.3 Å². The van der Waals surface area contributed by atoms with Crippen LogP contribution in [-0.4, -0.2) is 25.5 Å². The number of hydrogen-bond donors (Lipinski definition) is 1. The number of hydrogen-bond acceptors (Lipinski definition) is 4. The fraction of sp³-hybridized carbons (Fsp3) is 0.174. The van der Waals surface area contributed by atoms with E-state index < -0.39 is 5.91 Å². The number of halogens is 4. The highest BCUT2D eigenvalue weighted by Crippen LogP contribution is 2.28. The van der Waals surface area contributed by atoms with Gasteiger partial charge in [0.1, 0.15) is 10.8 Å². The van der Waals surface area contributed by atoms with Gasteiger partial charge in [-0.3, -0.25) is 9.48 Å². The molecule has 4 aromatic rings. The predicted octanol–water partition coefficient (Wildman–Crippen LogP) is 6.65. The Morgan fingerprint density at radius 1 is 0.971 bits per heavy atom. The van der Waals surface area contributed by atoms with Crippen molar-refractivity contribution >= 4 is 58.1 Å². The highest BCUT2D eigenvalue weighted by molar-refractivity contribution is 6.36. The van der Waals surface area contributed by atoms with E-state index in [-0.39, 0.29) is 23.3 Å². The van der Waals surface area contributed by atoms with Crippen molar-refractivity contribution < 1.29 is 9.53 Å². The van der Waals surface area contributed by atoms with Crippen LogP contribution in [0.5, 0.6) is 5.75 Å². The number of carbonyl (C=O) groups is 1. The van der Waals surface area contributed by atoms with E-state index in [9.17, 15) is 4.79 Å². The number of anilines is 1. The molecule has 0 aliphatic carbocycles. The van der Waals surface area contributed by atoms with Gasteiger partial charge in [0, 0.05) is 33.0 Å². The van der Waals surface area contributed by atoms with Crippen LogP contribution in [0.4, 0.5) is 5.82 Å². The summed E-state index contributed by atoms with van der Waals surface area (Å²) in [5.41, 5.74) is 2.73. The first-order chi connectivity index (χ1) is 16.2. The molecule has 0 aliphatic heterocycles. The maximum atomic E-state index is 12.7. The first-order valence-corrected chi connectivity index (χ1v) is 11.6. The topological polar surface area (TPSA) is 74.0 Å². The molecule has 0 atom stereocenters. The first-order valence-electron chi connectivity index (χ1n) is 10.1. The van der Waals surface area contributed by atoms with E-state index in [0.29, 0.717) is 32.9 Å². The van der Waals surface area contributed by atoms with Gasteiger partial charge in [-0.15, -0.1) is 0 Å². The van der Waals surface area contributed by atoms with Gasteiger partial charge in [0.25, 0.3) is 5.91 Å². The van der Waals surface area contributed by atoms with Crippen LogP contribution >= 0.6 is 46.4 Å². The van der Waals surface area contributed by atoms with E-state index in [1.165, 1.54) is 4.68 Å². The van der Waals surface area contributed by atoms with E-state index in [0.717, 1.165) is 11.1 Å². The molecule has 0 fully saturated rings. The molecule has 1 N–H and O–H groups in total. The van der Waals surface area contributed by atoms with Crippen molar-refractivity contribution in [1.82, 2.24) is 19.6 Å². The number of carbonyl (C=O) groups excluding carboxylic acids is 1. The number of benzene rings is 2. The number of amides is 1. The molecule has 0 saturated heterocycles. The summed E-state index contributed by atoms with van der Waals surface area (Å²) in [7, 11) is 0. The molecule has 4 rings (SSSR count). The Balaban J connectivity index is 1.40. The lowest BCUT2D eigenvalue weighted by Gasteiger charge is -2.10. The van der Waals surface area contributed by atoms with E-state index >= 15 is 0 Å². The normalized spacial score (nSPS) is 11.0. The van der Waals surface area contributed by atoms with Gasteiger partial charge in [0.2, 0.25) is 0 Å². The molecule has 0 aliphatic rings. The minimum absolute atomic E-state index is 0.127. The summed E-state index contributed by atoms with van der Waals surface area (Å²) in [6.07, 6.45) is 3.23. The average molecular weight is 539 g/mol. The van der Waals surface area contributed by atoms with Crippen LogP contribution in [0.3, 0.4) is 0 Å². The lowest BCUT2D eigenvalue weighted by Crippen LogP contribution is -2.15. The molecule has 0 unspecified atom stereocenters. The molecule has 7 nitrogen and oxygen atoms in total. The van der Waals surface area contributed by atoms with Crippen LogP contribution in [0.2, 0.25) is 20.1 Å². The summed E-state index contributed by atoms with van der Waals surface area (Å²) < 4.78 is 8.83. The molecule has 0 bridgehead atoms. The monoisotopic (exact) mass is 537 g/mol. The third-order valence-corrected chi connectivity index (χ3v) is 6.56. The third-order valence-electron chi connectivity index (χ3n) is 4.98. The van der Waals surface area contributed by atoms with Crippen molar-refractivity contribution in [3.63, 3.8) is 0 Å². The summed E-state index contributed by atoms with van der Waals surface area (Å²) >= 11 is 24.9. The summed E-state index contributed by atoms with van der Waals surface area (Å²) in [4.78, 5) is 12.7.